The zero-order valence-corrected chi connectivity index (χ0v) is 19.8. The third-order valence-corrected chi connectivity index (χ3v) is 4.84. The lowest BCUT2D eigenvalue weighted by molar-refractivity contribution is -0.123. The van der Waals surface area contributed by atoms with Crippen molar-refractivity contribution in [1.29, 1.82) is 0 Å². The fourth-order valence-electron chi connectivity index (χ4n) is 2.64. The molecule has 1 amide bonds. The van der Waals surface area contributed by atoms with Crippen LogP contribution in [0.25, 0.3) is 0 Å². The normalized spacial score (nSPS) is 10.7. The zero-order valence-electron chi connectivity index (χ0n) is 18.3. The molecule has 0 radical (unpaired) electrons. The molecule has 1 N–H and O–H groups in total. The molecule has 0 spiro atoms. The Hall–Kier alpha value is -3.55. The second kappa shape index (κ2) is 12.6. The van der Waals surface area contributed by atoms with Gasteiger partial charge in [0.25, 0.3) is 5.91 Å². The highest BCUT2D eigenvalue weighted by Gasteiger charge is 2.09. The number of hydrogen-bond acceptors (Lipinski definition) is 6. The van der Waals surface area contributed by atoms with Crippen LogP contribution in [0.1, 0.15) is 29.3 Å². The van der Waals surface area contributed by atoms with Crippen LogP contribution in [0.3, 0.4) is 0 Å². The van der Waals surface area contributed by atoms with E-state index in [1.165, 1.54) is 12.3 Å². The van der Waals surface area contributed by atoms with E-state index in [1.54, 1.807) is 60.7 Å². The minimum absolute atomic E-state index is 0.265. The van der Waals surface area contributed by atoms with E-state index in [9.17, 15) is 9.59 Å². The van der Waals surface area contributed by atoms with Crippen molar-refractivity contribution >= 4 is 41.3 Å². The van der Waals surface area contributed by atoms with Crippen LogP contribution in [0, 0.1) is 0 Å². The van der Waals surface area contributed by atoms with E-state index < -0.39 is 11.9 Å². The van der Waals surface area contributed by atoms with Gasteiger partial charge >= 0.3 is 5.97 Å². The molecule has 0 aliphatic heterocycles. The number of rotatable bonds is 10. The fraction of sp³-hybridized carbons (Fsp3) is 0.160. The number of carbonyl (C=O) groups is 2. The number of nitrogens with one attached hydrogen (secondary N) is 1. The SMILES string of the molecule is CCCOc1ccc(C(=O)Oc2ccc(/C=N\NC(=O)COc3ccc(Cl)cc3Cl)cc2)cc1. The molecule has 0 heterocycles. The molecule has 0 saturated carbocycles. The molecule has 0 saturated heterocycles. The summed E-state index contributed by atoms with van der Waals surface area (Å²) in [5.74, 6) is 0.492. The highest BCUT2D eigenvalue weighted by molar-refractivity contribution is 6.35. The van der Waals surface area contributed by atoms with Gasteiger partial charge in [0.2, 0.25) is 0 Å². The van der Waals surface area contributed by atoms with Crippen LogP contribution in [0.2, 0.25) is 10.0 Å². The van der Waals surface area contributed by atoms with Crippen molar-refractivity contribution in [2.45, 2.75) is 13.3 Å². The van der Waals surface area contributed by atoms with E-state index in [2.05, 4.69) is 10.5 Å². The summed E-state index contributed by atoms with van der Waals surface area (Å²) >= 11 is 11.8. The third kappa shape index (κ3) is 7.79. The summed E-state index contributed by atoms with van der Waals surface area (Å²) in [5, 5.41) is 4.66. The smallest absolute Gasteiger partial charge is 0.343 e. The molecular weight excluding hydrogens is 479 g/mol. The molecule has 0 aliphatic carbocycles. The summed E-state index contributed by atoms with van der Waals surface area (Å²) < 4.78 is 16.2. The first kappa shape index (κ1) is 25.1. The summed E-state index contributed by atoms with van der Waals surface area (Å²) in [5.41, 5.74) is 3.47. The molecule has 3 rings (SSSR count). The number of ether oxygens (including phenoxy) is 3. The molecule has 0 fully saturated rings. The molecule has 34 heavy (non-hydrogen) atoms. The third-order valence-electron chi connectivity index (χ3n) is 4.31. The predicted molar refractivity (Wildman–Crippen MR) is 131 cm³/mol. The zero-order chi connectivity index (χ0) is 24.3. The summed E-state index contributed by atoms with van der Waals surface area (Å²) in [4.78, 5) is 24.2. The molecule has 0 aliphatic rings. The van der Waals surface area contributed by atoms with Gasteiger partial charge in [-0.1, -0.05) is 30.1 Å². The van der Waals surface area contributed by atoms with Crippen molar-refractivity contribution in [2.75, 3.05) is 13.2 Å². The van der Waals surface area contributed by atoms with Crippen LogP contribution in [0.4, 0.5) is 0 Å². The molecule has 7 nitrogen and oxygen atoms in total. The first-order valence-electron chi connectivity index (χ1n) is 10.4. The van der Waals surface area contributed by atoms with Gasteiger partial charge in [0.1, 0.15) is 17.2 Å². The van der Waals surface area contributed by atoms with E-state index in [4.69, 9.17) is 37.4 Å². The van der Waals surface area contributed by atoms with E-state index in [0.717, 1.165) is 6.42 Å². The molecular formula is C25H22Cl2N2O5. The van der Waals surface area contributed by atoms with Crippen molar-refractivity contribution in [2.24, 2.45) is 5.10 Å². The van der Waals surface area contributed by atoms with Gasteiger partial charge in [0.15, 0.2) is 6.61 Å². The Kier molecular flexibility index (Phi) is 9.31. The minimum Gasteiger partial charge on any atom is -0.494 e. The number of carbonyl (C=O) groups excluding carboxylic acids is 2. The molecule has 3 aromatic rings. The van der Waals surface area contributed by atoms with Crippen molar-refractivity contribution in [3.05, 3.63) is 87.9 Å². The van der Waals surface area contributed by atoms with E-state index in [-0.39, 0.29) is 6.61 Å². The lowest BCUT2D eigenvalue weighted by atomic mass is 10.2. The Bertz CT molecular complexity index is 1150. The number of nitrogens with zero attached hydrogens (tertiary/aromatic N) is 1. The van der Waals surface area contributed by atoms with Gasteiger partial charge in [-0.05, 0) is 78.7 Å². The van der Waals surface area contributed by atoms with Gasteiger partial charge in [0.05, 0.1) is 23.4 Å². The largest absolute Gasteiger partial charge is 0.494 e. The maximum absolute atomic E-state index is 12.3. The Morgan fingerprint density at radius 3 is 2.32 bits per heavy atom. The van der Waals surface area contributed by atoms with Crippen LogP contribution in [0.5, 0.6) is 17.2 Å². The molecule has 0 bridgehead atoms. The van der Waals surface area contributed by atoms with Gasteiger partial charge in [0, 0.05) is 5.02 Å². The lowest BCUT2D eigenvalue weighted by Crippen LogP contribution is -2.24. The number of hydrogen-bond donors (Lipinski definition) is 1. The highest BCUT2D eigenvalue weighted by Crippen LogP contribution is 2.27. The molecule has 0 unspecified atom stereocenters. The summed E-state index contributed by atoms with van der Waals surface area (Å²) in [6.07, 6.45) is 2.36. The number of esters is 1. The lowest BCUT2D eigenvalue weighted by Gasteiger charge is -2.07. The molecule has 3 aromatic carbocycles. The maximum Gasteiger partial charge on any atom is 0.343 e. The summed E-state index contributed by atoms with van der Waals surface area (Å²) in [7, 11) is 0. The second-order valence-electron chi connectivity index (χ2n) is 6.99. The molecule has 0 aromatic heterocycles. The van der Waals surface area contributed by atoms with Gasteiger partial charge in [-0.2, -0.15) is 5.10 Å². The first-order chi connectivity index (χ1) is 16.4. The van der Waals surface area contributed by atoms with Crippen LogP contribution in [0.15, 0.2) is 71.8 Å². The van der Waals surface area contributed by atoms with Crippen molar-refractivity contribution in [3.63, 3.8) is 0 Å². The van der Waals surface area contributed by atoms with Crippen molar-refractivity contribution < 1.29 is 23.8 Å². The monoisotopic (exact) mass is 500 g/mol. The maximum atomic E-state index is 12.3. The van der Waals surface area contributed by atoms with Crippen molar-refractivity contribution in [3.8, 4) is 17.2 Å². The average Bonchev–Trinajstić information content (AvgIpc) is 2.83. The number of amides is 1. The summed E-state index contributed by atoms with van der Waals surface area (Å²) in [6, 6.07) is 18.1. The van der Waals surface area contributed by atoms with E-state index in [1.807, 2.05) is 6.92 Å². The Morgan fingerprint density at radius 1 is 0.941 bits per heavy atom. The minimum atomic E-state index is -0.475. The van der Waals surface area contributed by atoms with Crippen LogP contribution < -0.4 is 19.6 Å². The first-order valence-corrected chi connectivity index (χ1v) is 11.1. The van der Waals surface area contributed by atoms with Crippen LogP contribution >= 0.6 is 23.2 Å². The molecule has 0 atom stereocenters. The van der Waals surface area contributed by atoms with Gasteiger partial charge < -0.3 is 14.2 Å². The second-order valence-corrected chi connectivity index (χ2v) is 7.83. The average molecular weight is 501 g/mol. The standard InChI is InChI=1S/C25H22Cl2N2O5/c1-2-13-32-20-10-5-18(6-11-20)25(31)34-21-8-3-17(4-9-21)15-28-29-24(30)16-33-23-12-7-19(26)14-22(23)27/h3-12,14-15H,2,13,16H2,1H3,(H,29,30)/b28-15-. The molecule has 9 heteroatoms. The van der Waals surface area contributed by atoms with Crippen molar-refractivity contribution in [1.82, 2.24) is 5.43 Å². The van der Waals surface area contributed by atoms with E-state index in [0.29, 0.717) is 45.0 Å². The quantitative estimate of drug-likeness (QED) is 0.171. The Morgan fingerprint density at radius 2 is 1.65 bits per heavy atom. The topological polar surface area (TPSA) is 86.2 Å². The number of halogens is 2. The predicted octanol–water partition coefficient (Wildman–Crippen LogP) is 5.53. The van der Waals surface area contributed by atoms with Gasteiger partial charge in [-0.3, -0.25) is 4.79 Å². The number of benzene rings is 3. The van der Waals surface area contributed by atoms with E-state index >= 15 is 0 Å². The summed E-state index contributed by atoms with van der Waals surface area (Å²) in [6.45, 7) is 2.38. The molecule has 176 valence electrons. The Labute approximate surface area is 207 Å². The fourth-order valence-corrected chi connectivity index (χ4v) is 3.10. The van der Waals surface area contributed by atoms with Gasteiger partial charge in [-0.15, -0.1) is 0 Å². The Balaban J connectivity index is 1.45. The van der Waals surface area contributed by atoms with Crippen LogP contribution in [-0.4, -0.2) is 31.3 Å². The van der Waals surface area contributed by atoms with Crippen LogP contribution in [-0.2, 0) is 4.79 Å². The number of hydrazone groups is 1. The van der Waals surface area contributed by atoms with Gasteiger partial charge in [-0.25, -0.2) is 10.2 Å². The highest BCUT2D eigenvalue weighted by atomic mass is 35.5.